The maximum absolute atomic E-state index is 12.3. The maximum Gasteiger partial charge on any atom is 0.206 e. The molecule has 0 spiro atoms. The highest BCUT2D eigenvalue weighted by molar-refractivity contribution is 9.10. The highest BCUT2D eigenvalue weighted by Gasteiger charge is 2.08. The Kier molecular flexibility index (Phi) is 6.66. The Morgan fingerprint density at radius 1 is 1.18 bits per heavy atom. The van der Waals surface area contributed by atoms with Crippen LogP contribution < -0.4 is 9.47 Å². The molecule has 0 radical (unpaired) electrons. The van der Waals surface area contributed by atoms with Crippen LogP contribution in [0.3, 0.4) is 0 Å². The second-order valence-corrected chi connectivity index (χ2v) is 6.98. The number of ether oxygens (including phenoxy) is 2. The lowest BCUT2D eigenvalue weighted by Gasteiger charge is -2.11. The van der Waals surface area contributed by atoms with E-state index in [-0.39, 0.29) is 5.78 Å². The summed E-state index contributed by atoms with van der Waals surface area (Å²) in [4.78, 5) is 12.3. The quantitative estimate of drug-likeness (QED) is 0.359. The van der Waals surface area contributed by atoms with Crippen molar-refractivity contribution in [3.63, 3.8) is 0 Å². The van der Waals surface area contributed by atoms with Gasteiger partial charge in [0.1, 0.15) is 23.8 Å². The van der Waals surface area contributed by atoms with E-state index in [4.69, 9.17) is 9.47 Å². The molecule has 0 bridgehead atoms. The molecule has 3 rings (SSSR count). The first kappa shape index (κ1) is 19.9. The van der Waals surface area contributed by atoms with Crippen LogP contribution in [0, 0.1) is 0 Å². The number of methoxy groups -OCH3 is 1. The van der Waals surface area contributed by atoms with Gasteiger partial charge in [0.05, 0.1) is 7.11 Å². The lowest BCUT2D eigenvalue weighted by molar-refractivity contribution is 0.104. The summed E-state index contributed by atoms with van der Waals surface area (Å²) < 4.78 is 14.0. The molecule has 1 aromatic heterocycles. The molecule has 5 nitrogen and oxygen atoms in total. The lowest BCUT2D eigenvalue weighted by Crippen LogP contribution is -2.00. The Balaban J connectivity index is 1.72. The topological polar surface area (TPSA) is 53.4 Å². The smallest absolute Gasteiger partial charge is 0.206 e. The summed E-state index contributed by atoms with van der Waals surface area (Å²) in [5, 5.41) is 4.23. The number of halogens is 1. The van der Waals surface area contributed by atoms with E-state index in [0.717, 1.165) is 33.6 Å². The summed E-state index contributed by atoms with van der Waals surface area (Å²) in [6.07, 6.45) is 5.10. The van der Waals surface area contributed by atoms with E-state index in [1.165, 1.54) is 6.08 Å². The van der Waals surface area contributed by atoms with Crippen molar-refractivity contribution in [2.24, 2.45) is 0 Å². The third-order valence-electron chi connectivity index (χ3n) is 4.16. The van der Waals surface area contributed by atoms with Gasteiger partial charge in [0, 0.05) is 22.8 Å². The molecular formula is C22H21BrN2O3. The number of benzene rings is 2. The van der Waals surface area contributed by atoms with Crippen molar-refractivity contribution in [1.82, 2.24) is 9.78 Å². The van der Waals surface area contributed by atoms with Gasteiger partial charge >= 0.3 is 0 Å². The van der Waals surface area contributed by atoms with Gasteiger partial charge in [0.25, 0.3) is 0 Å². The molecule has 0 aliphatic heterocycles. The zero-order valence-corrected chi connectivity index (χ0v) is 17.3. The molecule has 2 aromatic carbocycles. The first-order chi connectivity index (χ1) is 13.6. The molecule has 0 atom stereocenters. The van der Waals surface area contributed by atoms with E-state index < -0.39 is 0 Å². The minimum atomic E-state index is -0.129. The van der Waals surface area contributed by atoms with Gasteiger partial charge in [-0.2, -0.15) is 5.10 Å². The van der Waals surface area contributed by atoms with Crippen LogP contribution in [0.2, 0.25) is 0 Å². The molecule has 6 heteroatoms. The standard InChI is InChI=1S/C22H21BrN2O3/c1-3-25-13-12-20(24-25)21(26)10-4-16-5-11-22(27-2)17(14-16)15-28-19-8-6-18(23)7-9-19/h4-14H,3,15H2,1-2H3/b10-4+. The molecule has 0 unspecified atom stereocenters. The van der Waals surface area contributed by atoms with Crippen molar-refractivity contribution >= 4 is 27.8 Å². The Morgan fingerprint density at radius 2 is 1.96 bits per heavy atom. The monoisotopic (exact) mass is 440 g/mol. The minimum Gasteiger partial charge on any atom is -0.496 e. The highest BCUT2D eigenvalue weighted by Crippen LogP contribution is 2.24. The first-order valence-electron chi connectivity index (χ1n) is 8.90. The number of aryl methyl sites for hydroxylation is 1. The largest absolute Gasteiger partial charge is 0.496 e. The van der Waals surface area contributed by atoms with Crippen LogP contribution in [0.1, 0.15) is 28.5 Å². The van der Waals surface area contributed by atoms with Crippen molar-refractivity contribution in [2.45, 2.75) is 20.1 Å². The zero-order valence-electron chi connectivity index (χ0n) is 15.8. The molecule has 3 aromatic rings. The third kappa shape index (κ3) is 5.10. The number of rotatable bonds is 8. The predicted molar refractivity (Wildman–Crippen MR) is 113 cm³/mol. The summed E-state index contributed by atoms with van der Waals surface area (Å²) in [5.74, 6) is 1.38. The van der Waals surface area contributed by atoms with Crippen molar-refractivity contribution < 1.29 is 14.3 Å². The summed E-state index contributed by atoms with van der Waals surface area (Å²) >= 11 is 3.41. The number of carbonyl (C=O) groups is 1. The highest BCUT2D eigenvalue weighted by atomic mass is 79.9. The summed E-state index contributed by atoms with van der Waals surface area (Å²) in [6, 6.07) is 15.1. The summed E-state index contributed by atoms with van der Waals surface area (Å²) in [7, 11) is 1.63. The van der Waals surface area contributed by atoms with Crippen molar-refractivity contribution in [1.29, 1.82) is 0 Å². The van der Waals surface area contributed by atoms with E-state index >= 15 is 0 Å². The number of carbonyl (C=O) groups excluding carboxylic acids is 1. The fourth-order valence-electron chi connectivity index (χ4n) is 2.63. The van der Waals surface area contributed by atoms with Crippen LogP contribution in [0.5, 0.6) is 11.5 Å². The van der Waals surface area contributed by atoms with Crippen LogP contribution in [0.25, 0.3) is 6.08 Å². The second-order valence-electron chi connectivity index (χ2n) is 6.07. The van der Waals surface area contributed by atoms with Crippen molar-refractivity contribution in [3.8, 4) is 11.5 Å². The fraction of sp³-hybridized carbons (Fsp3) is 0.182. The van der Waals surface area contributed by atoms with E-state index in [0.29, 0.717) is 12.3 Å². The Labute approximate surface area is 172 Å². The van der Waals surface area contributed by atoms with Gasteiger partial charge < -0.3 is 9.47 Å². The lowest BCUT2D eigenvalue weighted by atomic mass is 10.1. The van der Waals surface area contributed by atoms with E-state index in [1.54, 1.807) is 30.1 Å². The van der Waals surface area contributed by atoms with Crippen LogP contribution in [0.15, 0.2) is 65.3 Å². The van der Waals surface area contributed by atoms with Crippen molar-refractivity contribution in [2.75, 3.05) is 7.11 Å². The van der Waals surface area contributed by atoms with E-state index in [2.05, 4.69) is 21.0 Å². The number of hydrogen-bond acceptors (Lipinski definition) is 4. The molecule has 0 fully saturated rings. The Morgan fingerprint density at radius 3 is 2.64 bits per heavy atom. The molecule has 0 aliphatic rings. The van der Waals surface area contributed by atoms with E-state index in [9.17, 15) is 4.79 Å². The van der Waals surface area contributed by atoms with Gasteiger partial charge in [-0.1, -0.05) is 28.1 Å². The molecular weight excluding hydrogens is 420 g/mol. The van der Waals surface area contributed by atoms with Gasteiger partial charge in [-0.3, -0.25) is 9.48 Å². The molecule has 0 saturated heterocycles. The first-order valence-corrected chi connectivity index (χ1v) is 9.69. The van der Waals surface area contributed by atoms with Crippen molar-refractivity contribution in [3.05, 3.63) is 82.1 Å². The normalized spacial score (nSPS) is 11.0. The number of nitrogens with zero attached hydrogens (tertiary/aromatic N) is 2. The second kappa shape index (κ2) is 9.37. The van der Waals surface area contributed by atoms with Gasteiger partial charge in [0.15, 0.2) is 0 Å². The van der Waals surface area contributed by atoms with Gasteiger partial charge in [0.2, 0.25) is 5.78 Å². The van der Waals surface area contributed by atoms with Crippen LogP contribution >= 0.6 is 15.9 Å². The SMILES string of the molecule is CCn1ccc(C(=O)/C=C/c2ccc(OC)c(COc3ccc(Br)cc3)c2)n1. The molecule has 0 saturated carbocycles. The van der Waals surface area contributed by atoms with Gasteiger partial charge in [-0.05, 0) is 61.0 Å². The number of aromatic nitrogens is 2. The molecule has 144 valence electrons. The Hall–Kier alpha value is -2.86. The molecule has 0 N–H and O–H groups in total. The van der Waals surface area contributed by atoms with Crippen LogP contribution in [0.4, 0.5) is 0 Å². The molecule has 28 heavy (non-hydrogen) atoms. The number of hydrogen-bond donors (Lipinski definition) is 0. The molecule has 0 amide bonds. The summed E-state index contributed by atoms with van der Waals surface area (Å²) in [5.41, 5.74) is 2.22. The average molecular weight is 441 g/mol. The number of ketones is 1. The zero-order chi connectivity index (χ0) is 19.9. The third-order valence-corrected chi connectivity index (χ3v) is 4.69. The maximum atomic E-state index is 12.3. The minimum absolute atomic E-state index is 0.129. The molecule has 0 aliphatic carbocycles. The Bertz CT molecular complexity index is 978. The fourth-order valence-corrected chi connectivity index (χ4v) is 2.90. The van der Waals surface area contributed by atoms with Gasteiger partial charge in [-0.25, -0.2) is 0 Å². The van der Waals surface area contributed by atoms with E-state index in [1.807, 2.05) is 49.4 Å². The van der Waals surface area contributed by atoms with Crippen LogP contribution in [-0.2, 0) is 13.2 Å². The number of allylic oxidation sites excluding steroid dienone is 1. The predicted octanol–water partition coefficient (Wildman–Crippen LogP) is 5.15. The van der Waals surface area contributed by atoms with Gasteiger partial charge in [-0.15, -0.1) is 0 Å². The summed E-state index contributed by atoms with van der Waals surface area (Å²) in [6.45, 7) is 3.07. The molecule has 1 heterocycles. The average Bonchev–Trinajstić information content (AvgIpc) is 3.21. The van der Waals surface area contributed by atoms with Crippen LogP contribution in [-0.4, -0.2) is 22.7 Å².